The molecule has 2 amide bonds. The van der Waals surface area contributed by atoms with Crippen molar-refractivity contribution in [2.24, 2.45) is 0 Å². The topological polar surface area (TPSA) is 62.3 Å². The molecule has 0 unspecified atom stereocenters. The highest BCUT2D eigenvalue weighted by Gasteiger charge is 2.39. The van der Waals surface area contributed by atoms with Gasteiger partial charge in [0.2, 0.25) is 5.91 Å². The van der Waals surface area contributed by atoms with Crippen molar-refractivity contribution < 1.29 is 9.59 Å². The molecule has 0 aliphatic carbocycles. The van der Waals surface area contributed by atoms with Crippen LogP contribution < -0.4 is 10.2 Å². The van der Waals surface area contributed by atoms with Gasteiger partial charge in [-0.3, -0.25) is 19.5 Å². The van der Waals surface area contributed by atoms with Crippen LogP contribution in [0.25, 0.3) is 0 Å². The van der Waals surface area contributed by atoms with Gasteiger partial charge in [-0.05, 0) is 54.4 Å². The van der Waals surface area contributed by atoms with Crippen LogP contribution in [-0.4, -0.2) is 16.8 Å². The maximum atomic E-state index is 13.1. The second-order valence-corrected chi connectivity index (χ2v) is 7.51. The third-order valence-electron chi connectivity index (χ3n) is 4.95. The van der Waals surface area contributed by atoms with Gasteiger partial charge in [-0.15, -0.1) is 0 Å². The molecule has 0 saturated heterocycles. The Bertz CT molecular complexity index is 1080. The van der Waals surface area contributed by atoms with Crippen molar-refractivity contribution >= 4 is 29.1 Å². The molecular formula is C23H20ClN3O2. The normalized spacial score (nSPS) is 15.3. The highest BCUT2D eigenvalue weighted by Crippen LogP contribution is 2.38. The van der Waals surface area contributed by atoms with Crippen molar-refractivity contribution in [2.45, 2.75) is 25.9 Å². The Labute approximate surface area is 174 Å². The zero-order valence-electron chi connectivity index (χ0n) is 15.9. The molecule has 2 aromatic carbocycles. The van der Waals surface area contributed by atoms with E-state index in [-0.39, 0.29) is 18.2 Å². The predicted octanol–water partition coefficient (Wildman–Crippen LogP) is 4.45. The van der Waals surface area contributed by atoms with Crippen LogP contribution in [0.2, 0.25) is 5.02 Å². The number of nitrogens with zero attached hydrogens (tertiary/aromatic N) is 2. The fraction of sp³-hybridized carbons (Fsp3) is 0.174. The molecular weight excluding hydrogens is 386 g/mol. The van der Waals surface area contributed by atoms with Crippen LogP contribution in [0.5, 0.6) is 0 Å². The average molecular weight is 406 g/mol. The summed E-state index contributed by atoms with van der Waals surface area (Å²) in [6, 6.07) is 18.1. The van der Waals surface area contributed by atoms with Crippen molar-refractivity contribution in [2.75, 3.05) is 4.90 Å². The van der Waals surface area contributed by atoms with Crippen LogP contribution in [0.3, 0.4) is 0 Å². The summed E-state index contributed by atoms with van der Waals surface area (Å²) in [5.41, 5.74) is 3.91. The summed E-state index contributed by atoms with van der Waals surface area (Å²) in [5.74, 6) is -0.287. The summed E-state index contributed by atoms with van der Waals surface area (Å²) in [7, 11) is 0. The van der Waals surface area contributed by atoms with E-state index in [9.17, 15) is 9.59 Å². The highest BCUT2D eigenvalue weighted by atomic mass is 35.5. The number of nitrogens with one attached hydrogen (secondary N) is 1. The molecule has 1 aromatic heterocycles. The molecule has 4 rings (SSSR count). The summed E-state index contributed by atoms with van der Waals surface area (Å²) in [6.45, 7) is 2.35. The molecule has 0 saturated carbocycles. The quantitative estimate of drug-likeness (QED) is 0.682. The van der Waals surface area contributed by atoms with Gasteiger partial charge in [0.05, 0.1) is 23.7 Å². The fourth-order valence-electron chi connectivity index (χ4n) is 3.62. The van der Waals surface area contributed by atoms with Crippen LogP contribution in [0, 0.1) is 6.92 Å². The lowest BCUT2D eigenvalue weighted by Gasteiger charge is -2.25. The molecule has 0 spiro atoms. The van der Waals surface area contributed by atoms with Crippen molar-refractivity contribution in [3.63, 3.8) is 0 Å². The number of fused-ring (bicyclic) bond motifs is 1. The lowest BCUT2D eigenvalue weighted by Crippen LogP contribution is -2.33. The Balaban J connectivity index is 1.57. The van der Waals surface area contributed by atoms with E-state index in [1.807, 2.05) is 49.4 Å². The second kappa shape index (κ2) is 8.05. The summed E-state index contributed by atoms with van der Waals surface area (Å²) in [4.78, 5) is 31.8. The van der Waals surface area contributed by atoms with Gasteiger partial charge in [0.15, 0.2) is 0 Å². The Morgan fingerprint density at radius 1 is 1.14 bits per heavy atom. The summed E-state index contributed by atoms with van der Waals surface area (Å²) in [6.07, 6.45) is 1.78. The van der Waals surface area contributed by atoms with E-state index in [2.05, 4.69) is 10.3 Å². The molecule has 6 heteroatoms. The van der Waals surface area contributed by atoms with Gasteiger partial charge >= 0.3 is 0 Å². The summed E-state index contributed by atoms with van der Waals surface area (Å²) < 4.78 is 0. The van der Waals surface area contributed by atoms with E-state index in [0.29, 0.717) is 22.8 Å². The first-order chi connectivity index (χ1) is 14.0. The first kappa shape index (κ1) is 19.2. The lowest BCUT2D eigenvalue weighted by atomic mass is 10.1. The van der Waals surface area contributed by atoms with Gasteiger partial charge in [0, 0.05) is 23.5 Å². The third kappa shape index (κ3) is 4.00. The summed E-state index contributed by atoms with van der Waals surface area (Å²) in [5, 5.41) is 3.55. The fourth-order valence-corrected chi connectivity index (χ4v) is 3.83. The molecule has 0 bridgehead atoms. The highest BCUT2D eigenvalue weighted by molar-refractivity contribution is 6.30. The number of hydrogen-bond acceptors (Lipinski definition) is 3. The number of amides is 2. The molecule has 0 radical (unpaired) electrons. The number of anilines is 1. The van der Waals surface area contributed by atoms with E-state index in [1.54, 1.807) is 29.3 Å². The van der Waals surface area contributed by atoms with Crippen LogP contribution in [0.1, 0.15) is 39.6 Å². The summed E-state index contributed by atoms with van der Waals surface area (Å²) >= 11 is 6.00. The third-order valence-corrected chi connectivity index (χ3v) is 5.19. The minimum atomic E-state index is -0.445. The smallest absolute Gasteiger partial charge is 0.260 e. The molecule has 3 aromatic rings. The zero-order valence-corrected chi connectivity index (χ0v) is 16.7. The molecule has 29 heavy (non-hydrogen) atoms. The molecule has 1 aliphatic heterocycles. The van der Waals surface area contributed by atoms with E-state index in [4.69, 9.17) is 11.6 Å². The number of aryl methyl sites for hydroxylation is 1. The maximum absolute atomic E-state index is 13.1. The van der Waals surface area contributed by atoms with Crippen molar-refractivity contribution in [3.8, 4) is 0 Å². The number of carbonyl (C=O) groups is 2. The van der Waals surface area contributed by atoms with Crippen molar-refractivity contribution in [1.82, 2.24) is 10.3 Å². The molecule has 0 fully saturated rings. The lowest BCUT2D eigenvalue weighted by molar-refractivity contribution is -0.121. The van der Waals surface area contributed by atoms with Crippen LogP contribution in [0.4, 0.5) is 5.69 Å². The van der Waals surface area contributed by atoms with Gasteiger partial charge in [-0.25, -0.2) is 0 Å². The first-order valence-electron chi connectivity index (χ1n) is 9.39. The van der Waals surface area contributed by atoms with Crippen molar-refractivity contribution in [3.05, 3.63) is 94.3 Å². The Morgan fingerprint density at radius 3 is 2.76 bits per heavy atom. The minimum Gasteiger partial charge on any atom is -0.352 e. The monoisotopic (exact) mass is 405 g/mol. The number of benzene rings is 2. The van der Waals surface area contributed by atoms with E-state index in [0.717, 1.165) is 16.8 Å². The van der Waals surface area contributed by atoms with E-state index < -0.39 is 6.04 Å². The molecule has 1 aliphatic rings. The SMILES string of the molecule is Cc1cccc(N2C(=O)c3cccnc3[C@H]2CC(=O)NCc2cccc(Cl)c2)c1. The number of aromatic nitrogens is 1. The van der Waals surface area contributed by atoms with E-state index in [1.165, 1.54) is 0 Å². The number of hydrogen-bond donors (Lipinski definition) is 1. The van der Waals surface area contributed by atoms with Gasteiger partial charge < -0.3 is 5.32 Å². The Hall–Kier alpha value is -3.18. The zero-order chi connectivity index (χ0) is 20.4. The number of pyridine rings is 1. The largest absolute Gasteiger partial charge is 0.352 e. The van der Waals surface area contributed by atoms with Crippen LogP contribution >= 0.6 is 11.6 Å². The second-order valence-electron chi connectivity index (χ2n) is 7.08. The molecule has 5 nitrogen and oxygen atoms in total. The number of carbonyl (C=O) groups excluding carboxylic acids is 2. The number of rotatable bonds is 5. The average Bonchev–Trinajstić information content (AvgIpc) is 2.98. The van der Waals surface area contributed by atoms with Gasteiger partial charge in [-0.1, -0.05) is 35.9 Å². The van der Waals surface area contributed by atoms with Gasteiger partial charge in [0.1, 0.15) is 0 Å². The maximum Gasteiger partial charge on any atom is 0.260 e. The standard InChI is InChI=1S/C23H20ClN3O2/c1-15-5-2-8-18(11-15)27-20(22-19(23(27)29)9-4-10-25-22)13-21(28)26-14-16-6-3-7-17(24)12-16/h2-12,20H,13-14H2,1H3,(H,26,28)/t20-/m1/s1. The van der Waals surface area contributed by atoms with Crippen LogP contribution in [0.15, 0.2) is 66.9 Å². The molecule has 146 valence electrons. The Morgan fingerprint density at radius 2 is 1.97 bits per heavy atom. The van der Waals surface area contributed by atoms with E-state index >= 15 is 0 Å². The first-order valence-corrected chi connectivity index (χ1v) is 9.77. The van der Waals surface area contributed by atoms with Gasteiger partial charge in [0.25, 0.3) is 5.91 Å². The van der Waals surface area contributed by atoms with Crippen LogP contribution in [-0.2, 0) is 11.3 Å². The van der Waals surface area contributed by atoms with Gasteiger partial charge in [-0.2, -0.15) is 0 Å². The minimum absolute atomic E-state index is 0.129. The van der Waals surface area contributed by atoms with Crippen molar-refractivity contribution in [1.29, 1.82) is 0 Å². The molecule has 1 atom stereocenters. The predicted molar refractivity (Wildman–Crippen MR) is 113 cm³/mol. The Kier molecular flexibility index (Phi) is 5.32. The molecule has 1 N–H and O–H groups in total. The number of halogens is 1. The molecule has 2 heterocycles.